The minimum absolute atomic E-state index is 0.0796. The smallest absolute Gasteiger partial charge is 0.210 e. The second-order valence-corrected chi connectivity index (χ2v) is 3.23. The van der Waals surface area contributed by atoms with Crippen LogP contribution < -0.4 is 4.74 Å². The highest BCUT2D eigenvalue weighted by atomic mass is 16.5. The van der Waals surface area contributed by atoms with Crippen molar-refractivity contribution in [3.63, 3.8) is 0 Å². The van der Waals surface area contributed by atoms with Crippen LogP contribution in [0.15, 0.2) is 42.5 Å². The van der Waals surface area contributed by atoms with Crippen molar-refractivity contribution in [1.82, 2.24) is 0 Å². The van der Waals surface area contributed by atoms with Crippen LogP contribution >= 0.6 is 0 Å². The summed E-state index contributed by atoms with van der Waals surface area (Å²) in [7, 11) is 0. The van der Waals surface area contributed by atoms with Crippen molar-refractivity contribution in [2.24, 2.45) is 0 Å². The first-order chi connectivity index (χ1) is 7.66. The molecule has 0 aromatic heterocycles. The summed E-state index contributed by atoms with van der Waals surface area (Å²) < 4.78 is 5.28. The number of phenolic OH excluding ortho intramolecular Hbond substituents is 3. The van der Waals surface area contributed by atoms with E-state index in [2.05, 4.69) is 0 Å². The van der Waals surface area contributed by atoms with Crippen LogP contribution in [0.3, 0.4) is 0 Å². The predicted octanol–water partition coefficient (Wildman–Crippen LogP) is 2.60. The monoisotopic (exact) mass is 218 g/mol. The van der Waals surface area contributed by atoms with Crippen LogP contribution in [0, 0.1) is 0 Å². The van der Waals surface area contributed by atoms with Gasteiger partial charge in [-0.15, -0.1) is 0 Å². The summed E-state index contributed by atoms with van der Waals surface area (Å²) in [5, 5.41) is 28.1. The van der Waals surface area contributed by atoms with E-state index in [0.717, 1.165) is 12.1 Å². The maximum atomic E-state index is 9.49. The number of hydrogen-bond donors (Lipinski definition) is 3. The SMILES string of the molecule is Oc1cc(O)c(Oc2ccccc2)c(O)c1. The average molecular weight is 218 g/mol. The van der Waals surface area contributed by atoms with E-state index in [1.54, 1.807) is 24.3 Å². The highest BCUT2D eigenvalue weighted by Crippen LogP contribution is 2.41. The van der Waals surface area contributed by atoms with E-state index in [9.17, 15) is 10.2 Å². The van der Waals surface area contributed by atoms with Gasteiger partial charge in [0.05, 0.1) is 0 Å². The Morgan fingerprint density at radius 3 is 1.94 bits per heavy atom. The van der Waals surface area contributed by atoms with Crippen molar-refractivity contribution in [3.05, 3.63) is 42.5 Å². The molecule has 0 aliphatic heterocycles. The molecule has 0 spiro atoms. The minimum Gasteiger partial charge on any atom is -0.508 e. The van der Waals surface area contributed by atoms with Gasteiger partial charge in [0.1, 0.15) is 11.5 Å². The summed E-state index contributed by atoms with van der Waals surface area (Å²) in [6.45, 7) is 0. The number of phenols is 3. The molecular formula is C12H10O4. The Labute approximate surface area is 92.0 Å². The van der Waals surface area contributed by atoms with E-state index in [1.807, 2.05) is 6.07 Å². The van der Waals surface area contributed by atoms with Crippen molar-refractivity contribution < 1.29 is 20.1 Å². The molecule has 4 heteroatoms. The molecule has 0 radical (unpaired) electrons. The van der Waals surface area contributed by atoms with E-state index in [-0.39, 0.29) is 23.0 Å². The van der Waals surface area contributed by atoms with Crippen LogP contribution in [0.2, 0.25) is 0 Å². The van der Waals surface area contributed by atoms with Crippen molar-refractivity contribution >= 4 is 0 Å². The third-order valence-corrected chi connectivity index (χ3v) is 2.00. The summed E-state index contributed by atoms with van der Waals surface area (Å²) in [6, 6.07) is 10.9. The molecule has 4 nitrogen and oxygen atoms in total. The van der Waals surface area contributed by atoms with Crippen LogP contribution in [0.5, 0.6) is 28.7 Å². The number of para-hydroxylation sites is 1. The lowest BCUT2D eigenvalue weighted by Crippen LogP contribution is -1.85. The fourth-order valence-corrected chi connectivity index (χ4v) is 1.30. The summed E-state index contributed by atoms with van der Waals surface area (Å²) in [6.07, 6.45) is 0. The van der Waals surface area contributed by atoms with Gasteiger partial charge in [0, 0.05) is 12.1 Å². The van der Waals surface area contributed by atoms with E-state index >= 15 is 0 Å². The minimum atomic E-state index is -0.318. The molecule has 16 heavy (non-hydrogen) atoms. The molecule has 0 bridgehead atoms. The van der Waals surface area contributed by atoms with E-state index in [4.69, 9.17) is 9.84 Å². The molecule has 0 saturated heterocycles. The Kier molecular flexibility index (Phi) is 2.55. The van der Waals surface area contributed by atoms with Crippen LogP contribution in [0.1, 0.15) is 0 Å². The van der Waals surface area contributed by atoms with Crippen molar-refractivity contribution in [3.8, 4) is 28.7 Å². The average Bonchev–Trinajstić information content (AvgIpc) is 2.25. The quantitative estimate of drug-likeness (QED) is 0.724. The maximum absolute atomic E-state index is 9.49. The summed E-state index contributed by atoms with van der Waals surface area (Å²) in [5.74, 6) is -0.457. The molecule has 0 amide bonds. The van der Waals surface area contributed by atoms with Crippen LogP contribution in [-0.4, -0.2) is 15.3 Å². The fourth-order valence-electron chi connectivity index (χ4n) is 1.30. The largest absolute Gasteiger partial charge is 0.508 e. The zero-order chi connectivity index (χ0) is 11.5. The molecule has 0 heterocycles. The van der Waals surface area contributed by atoms with Crippen LogP contribution in [0.4, 0.5) is 0 Å². The van der Waals surface area contributed by atoms with Gasteiger partial charge in [0.2, 0.25) is 5.75 Å². The third kappa shape index (κ3) is 2.00. The second kappa shape index (κ2) is 4.02. The Balaban J connectivity index is 2.35. The standard InChI is InChI=1S/C12H10O4/c13-8-6-10(14)12(11(15)7-8)16-9-4-2-1-3-5-9/h1-7,13-15H. The number of aromatic hydroxyl groups is 3. The van der Waals surface area contributed by atoms with Gasteiger partial charge in [0.25, 0.3) is 0 Å². The van der Waals surface area contributed by atoms with E-state index in [0.29, 0.717) is 5.75 Å². The van der Waals surface area contributed by atoms with Crippen molar-refractivity contribution in [1.29, 1.82) is 0 Å². The van der Waals surface area contributed by atoms with Gasteiger partial charge in [-0.1, -0.05) is 18.2 Å². The normalized spacial score (nSPS) is 10.0. The topological polar surface area (TPSA) is 69.9 Å². The van der Waals surface area contributed by atoms with Gasteiger partial charge in [-0.2, -0.15) is 0 Å². The Morgan fingerprint density at radius 2 is 1.38 bits per heavy atom. The summed E-state index contributed by atoms with van der Waals surface area (Å²) in [5.41, 5.74) is 0. The van der Waals surface area contributed by atoms with Gasteiger partial charge >= 0.3 is 0 Å². The fraction of sp³-hybridized carbons (Fsp3) is 0. The van der Waals surface area contributed by atoms with E-state index in [1.165, 1.54) is 0 Å². The number of ether oxygens (including phenoxy) is 1. The van der Waals surface area contributed by atoms with Gasteiger partial charge in [-0.25, -0.2) is 0 Å². The maximum Gasteiger partial charge on any atom is 0.210 e. The van der Waals surface area contributed by atoms with Gasteiger partial charge in [0.15, 0.2) is 11.5 Å². The third-order valence-electron chi connectivity index (χ3n) is 2.00. The Bertz CT molecular complexity index is 471. The van der Waals surface area contributed by atoms with Gasteiger partial charge in [-0.3, -0.25) is 0 Å². The lowest BCUT2D eigenvalue weighted by molar-refractivity contribution is 0.369. The highest BCUT2D eigenvalue weighted by Gasteiger charge is 2.11. The molecule has 0 aliphatic carbocycles. The lowest BCUT2D eigenvalue weighted by atomic mass is 10.2. The Morgan fingerprint density at radius 1 is 0.812 bits per heavy atom. The van der Waals surface area contributed by atoms with Crippen molar-refractivity contribution in [2.75, 3.05) is 0 Å². The molecule has 0 fully saturated rings. The zero-order valence-corrected chi connectivity index (χ0v) is 8.29. The zero-order valence-electron chi connectivity index (χ0n) is 8.29. The second-order valence-electron chi connectivity index (χ2n) is 3.23. The molecule has 3 N–H and O–H groups in total. The molecule has 0 aliphatic rings. The molecule has 2 aromatic carbocycles. The molecule has 2 aromatic rings. The summed E-state index contributed by atoms with van der Waals surface area (Å²) in [4.78, 5) is 0. The lowest BCUT2D eigenvalue weighted by Gasteiger charge is -2.09. The predicted molar refractivity (Wildman–Crippen MR) is 58.0 cm³/mol. The number of hydrogen-bond acceptors (Lipinski definition) is 4. The molecule has 0 unspecified atom stereocenters. The number of rotatable bonds is 2. The van der Waals surface area contributed by atoms with Crippen LogP contribution in [0.25, 0.3) is 0 Å². The highest BCUT2D eigenvalue weighted by molar-refractivity contribution is 5.55. The molecular weight excluding hydrogens is 208 g/mol. The van der Waals surface area contributed by atoms with Gasteiger partial charge in [-0.05, 0) is 12.1 Å². The molecule has 82 valence electrons. The first-order valence-corrected chi connectivity index (χ1v) is 4.64. The summed E-state index contributed by atoms with van der Waals surface area (Å²) >= 11 is 0. The van der Waals surface area contributed by atoms with E-state index < -0.39 is 0 Å². The van der Waals surface area contributed by atoms with Crippen molar-refractivity contribution in [2.45, 2.75) is 0 Å². The first-order valence-electron chi connectivity index (χ1n) is 4.64. The molecule has 2 rings (SSSR count). The first kappa shape index (κ1) is 10.2. The van der Waals surface area contributed by atoms with Crippen LogP contribution in [-0.2, 0) is 0 Å². The number of benzene rings is 2. The molecule has 0 atom stereocenters. The molecule has 0 saturated carbocycles. The van der Waals surface area contributed by atoms with Gasteiger partial charge < -0.3 is 20.1 Å². The Hall–Kier alpha value is -2.36.